The monoisotopic (exact) mass is 220 g/mol. The SMILES string of the molecule is C=CCOc1cc(CNCCC)cc(C)n1. The zero-order valence-corrected chi connectivity index (χ0v) is 10.1. The van der Waals surface area contributed by atoms with Crippen LogP contribution in [-0.4, -0.2) is 18.1 Å². The van der Waals surface area contributed by atoms with Gasteiger partial charge in [0.15, 0.2) is 0 Å². The predicted octanol–water partition coefficient (Wildman–Crippen LogP) is 2.45. The van der Waals surface area contributed by atoms with Crippen LogP contribution in [0.3, 0.4) is 0 Å². The van der Waals surface area contributed by atoms with Crippen LogP contribution in [0.5, 0.6) is 5.88 Å². The fourth-order valence-electron chi connectivity index (χ4n) is 1.44. The quantitative estimate of drug-likeness (QED) is 0.566. The summed E-state index contributed by atoms with van der Waals surface area (Å²) in [6.45, 7) is 10.1. The molecule has 3 heteroatoms. The Morgan fingerprint density at radius 1 is 1.50 bits per heavy atom. The summed E-state index contributed by atoms with van der Waals surface area (Å²) in [5, 5.41) is 3.36. The maximum absolute atomic E-state index is 5.43. The summed E-state index contributed by atoms with van der Waals surface area (Å²) >= 11 is 0. The van der Waals surface area contributed by atoms with Gasteiger partial charge in [0.2, 0.25) is 5.88 Å². The number of hydrogen-bond acceptors (Lipinski definition) is 3. The van der Waals surface area contributed by atoms with E-state index in [2.05, 4.69) is 29.9 Å². The topological polar surface area (TPSA) is 34.1 Å². The van der Waals surface area contributed by atoms with Gasteiger partial charge in [0.1, 0.15) is 6.61 Å². The summed E-state index contributed by atoms with van der Waals surface area (Å²) in [4.78, 5) is 4.30. The third-order valence-electron chi connectivity index (χ3n) is 2.09. The third-order valence-corrected chi connectivity index (χ3v) is 2.09. The lowest BCUT2D eigenvalue weighted by atomic mass is 10.2. The zero-order chi connectivity index (χ0) is 11.8. The molecule has 1 aromatic heterocycles. The van der Waals surface area contributed by atoms with Crippen LogP contribution in [0.1, 0.15) is 24.6 Å². The van der Waals surface area contributed by atoms with Crippen LogP contribution in [0, 0.1) is 6.92 Å². The Kier molecular flexibility index (Phi) is 5.57. The van der Waals surface area contributed by atoms with E-state index in [1.165, 1.54) is 5.56 Å². The summed E-state index contributed by atoms with van der Waals surface area (Å²) in [5.41, 5.74) is 2.19. The molecule has 0 aliphatic heterocycles. The number of rotatable bonds is 7. The Morgan fingerprint density at radius 2 is 2.31 bits per heavy atom. The second-order valence-electron chi connectivity index (χ2n) is 3.73. The van der Waals surface area contributed by atoms with Crippen LogP contribution in [0.25, 0.3) is 0 Å². The molecule has 0 fully saturated rings. The van der Waals surface area contributed by atoms with E-state index in [4.69, 9.17) is 4.74 Å². The molecule has 1 N–H and O–H groups in total. The molecular weight excluding hydrogens is 200 g/mol. The second-order valence-corrected chi connectivity index (χ2v) is 3.73. The molecule has 88 valence electrons. The number of ether oxygens (including phenoxy) is 1. The van der Waals surface area contributed by atoms with Crippen LogP contribution in [-0.2, 0) is 6.54 Å². The molecule has 0 aliphatic rings. The highest BCUT2D eigenvalue weighted by Gasteiger charge is 2.00. The first-order valence-corrected chi connectivity index (χ1v) is 5.68. The minimum absolute atomic E-state index is 0.498. The largest absolute Gasteiger partial charge is 0.473 e. The second kappa shape index (κ2) is 7.01. The molecule has 0 saturated carbocycles. The van der Waals surface area contributed by atoms with Gasteiger partial charge in [0.05, 0.1) is 0 Å². The molecule has 0 bridgehead atoms. The van der Waals surface area contributed by atoms with Crippen LogP contribution in [0.15, 0.2) is 24.8 Å². The van der Waals surface area contributed by atoms with Crippen LogP contribution >= 0.6 is 0 Å². The average molecular weight is 220 g/mol. The van der Waals surface area contributed by atoms with E-state index < -0.39 is 0 Å². The van der Waals surface area contributed by atoms with Gasteiger partial charge in [-0.15, -0.1) is 0 Å². The van der Waals surface area contributed by atoms with Crippen molar-refractivity contribution in [1.82, 2.24) is 10.3 Å². The normalized spacial score (nSPS) is 10.1. The summed E-state index contributed by atoms with van der Waals surface area (Å²) in [7, 11) is 0. The highest BCUT2D eigenvalue weighted by atomic mass is 16.5. The molecular formula is C13H20N2O. The summed E-state index contributed by atoms with van der Waals surface area (Å²) in [6, 6.07) is 4.04. The van der Waals surface area contributed by atoms with Gasteiger partial charge in [0, 0.05) is 18.3 Å². The number of pyridine rings is 1. The van der Waals surface area contributed by atoms with E-state index in [9.17, 15) is 0 Å². The number of hydrogen-bond donors (Lipinski definition) is 1. The number of nitrogens with zero attached hydrogens (tertiary/aromatic N) is 1. The lowest BCUT2D eigenvalue weighted by Gasteiger charge is -2.08. The molecule has 0 unspecified atom stereocenters. The highest BCUT2D eigenvalue weighted by Crippen LogP contribution is 2.12. The Morgan fingerprint density at radius 3 is 3.00 bits per heavy atom. The molecule has 0 aliphatic carbocycles. The van der Waals surface area contributed by atoms with E-state index in [-0.39, 0.29) is 0 Å². The van der Waals surface area contributed by atoms with Crippen molar-refractivity contribution in [2.75, 3.05) is 13.2 Å². The molecule has 0 atom stereocenters. The van der Waals surface area contributed by atoms with Crippen molar-refractivity contribution in [1.29, 1.82) is 0 Å². The van der Waals surface area contributed by atoms with Crippen molar-refractivity contribution in [2.45, 2.75) is 26.8 Å². The Balaban J connectivity index is 2.61. The summed E-state index contributed by atoms with van der Waals surface area (Å²) in [5.74, 6) is 0.674. The van der Waals surface area contributed by atoms with E-state index in [0.717, 1.165) is 25.2 Å². The van der Waals surface area contributed by atoms with Crippen LogP contribution < -0.4 is 10.1 Å². The number of aryl methyl sites for hydroxylation is 1. The molecule has 16 heavy (non-hydrogen) atoms. The predicted molar refractivity (Wildman–Crippen MR) is 66.7 cm³/mol. The summed E-state index contributed by atoms with van der Waals surface area (Å²) in [6.07, 6.45) is 2.86. The van der Waals surface area contributed by atoms with Crippen molar-refractivity contribution in [3.63, 3.8) is 0 Å². The van der Waals surface area contributed by atoms with Crippen molar-refractivity contribution in [3.05, 3.63) is 36.0 Å². The third kappa shape index (κ3) is 4.45. The fraction of sp³-hybridized carbons (Fsp3) is 0.462. The van der Waals surface area contributed by atoms with Crippen molar-refractivity contribution >= 4 is 0 Å². The molecule has 0 amide bonds. The maximum Gasteiger partial charge on any atom is 0.214 e. The van der Waals surface area contributed by atoms with E-state index in [1.807, 2.05) is 13.0 Å². The fourth-order valence-corrected chi connectivity index (χ4v) is 1.44. The standard InChI is InChI=1S/C13H20N2O/c1-4-6-14-10-12-8-11(3)15-13(9-12)16-7-5-2/h5,8-9,14H,2,4,6-7,10H2,1,3H3. The lowest BCUT2D eigenvalue weighted by Crippen LogP contribution is -2.14. The van der Waals surface area contributed by atoms with Crippen LogP contribution in [0.2, 0.25) is 0 Å². The highest BCUT2D eigenvalue weighted by molar-refractivity contribution is 5.24. The molecule has 3 nitrogen and oxygen atoms in total. The van der Waals surface area contributed by atoms with Crippen molar-refractivity contribution in [2.24, 2.45) is 0 Å². The first kappa shape index (κ1) is 12.7. The van der Waals surface area contributed by atoms with Gasteiger partial charge in [-0.2, -0.15) is 0 Å². The number of nitrogens with one attached hydrogen (secondary N) is 1. The molecule has 0 spiro atoms. The Hall–Kier alpha value is -1.35. The molecule has 1 aromatic rings. The maximum atomic E-state index is 5.43. The Labute approximate surface area is 97.5 Å². The molecule has 1 rings (SSSR count). The van der Waals surface area contributed by atoms with Crippen molar-refractivity contribution < 1.29 is 4.74 Å². The van der Waals surface area contributed by atoms with Gasteiger partial charge in [-0.05, 0) is 31.5 Å². The first-order valence-electron chi connectivity index (χ1n) is 5.68. The molecule has 0 aromatic carbocycles. The van der Waals surface area contributed by atoms with E-state index in [0.29, 0.717) is 12.5 Å². The minimum atomic E-state index is 0.498. The van der Waals surface area contributed by atoms with Gasteiger partial charge < -0.3 is 10.1 Å². The summed E-state index contributed by atoms with van der Waals surface area (Å²) < 4.78 is 5.43. The first-order chi connectivity index (χ1) is 7.76. The minimum Gasteiger partial charge on any atom is -0.473 e. The Bertz CT molecular complexity index is 337. The van der Waals surface area contributed by atoms with Gasteiger partial charge in [-0.1, -0.05) is 19.6 Å². The zero-order valence-electron chi connectivity index (χ0n) is 10.1. The van der Waals surface area contributed by atoms with Gasteiger partial charge in [0.25, 0.3) is 0 Å². The van der Waals surface area contributed by atoms with Crippen LogP contribution in [0.4, 0.5) is 0 Å². The van der Waals surface area contributed by atoms with E-state index >= 15 is 0 Å². The van der Waals surface area contributed by atoms with Gasteiger partial charge in [-0.25, -0.2) is 4.98 Å². The smallest absolute Gasteiger partial charge is 0.214 e. The molecule has 0 saturated heterocycles. The van der Waals surface area contributed by atoms with E-state index in [1.54, 1.807) is 6.08 Å². The number of aromatic nitrogens is 1. The molecule has 1 heterocycles. The average Bonchev–Trinajstić information content (AvgIpc) is 2.26. The van der Waals surface area contributed by atoms with Gasteiger partial charge >= 0.3 is 0 Å². The molecule has 0 radical (unpaired) electrons. The lowest BCUT2D eigenvalue weighted by molar-refractivity contribution is 0.347. The van der Waals surface area contributed by atoms with Crippen molar-refractivity contribution in [3.8, 4) is 5.88 Å². The van der Waals surface area contributed by atoms with Gasteiger partial charge in [-0.3, -0.25) is 0 Å².